The molecule has 0 bridgehead atoms. The van der Waals surface area contributed by atoms with Gasteiger partial charge in [-0.05, 0) is 26.0 Å². The van der Waals surface area contributed by atoms with Crippen molar-refractivity contribution in [1.82, 2.24) is 20.4 Å². The van der Waals surface area contributed by atoms with Crippen molar-refractivity contribution in [3.63, 3.8) is 0 Å². The van der Waals surface area contributed by atoms with E-state index in [4.69, 9.17) is 0 Å². The summed E-state index contributed by atoms with van der Waals surface area (Å²) in [5.41, 5.74) is 2.38. The lowest BCUT2D eigenvalue weighted by Gasteiger charge is -2.32. The Labute approximate surface area is 136 Å². The first-order valence-electron chi connectivity index (χ1n) is 7.35. The van der Waals surface area contributed by atoms with Crippen LogP contribution in [-0.4, -0.2) is 47.2 Å². The number of halogens is 1. The molecule has 1 atom stereocenters. The van der Waals surface area contributed by atoms with Gasteiger partial charge < -0.3 is 10.2 Å². The van der Waals surface area contributed by atoms with E-state index in [-0.39, 0.29) is 18.3 Å². The van der Waals surface area contributed by atoms with Gasteiger partial charge in [-0.25, -0.2) is 0 Å². The lowest BCUT2D eigenvalue weighted by Crippen LogP contribution is -2.47. The van der Waals surface area contributed by atoms with Gasteiger partial charge in [0.15, 0.2) is 0 Å². The third-order valence-corrected chi connectivity index (χ3v) is 3.99. The van der Waals surface area contributed by atoms with Crippen LogP contribution >= 0.6 is 12.4 Å². The molecule has 1 aliphatic rings. The first kappa shape index (κ1) is 16.5. The van der Waals surface area contributed by atoms with Gasteiger partial charge in [0.2, 0.25) is 0 Å². The number of carbonyl (C=O) groups excluding carboxylic acids is 1. The summed E-state index contributed by atoms with van der Waals surface area (Å²) in [5.74, 6) is 0.0321. The lowest BCUT2D eigenvalue weighted by molar-refractivity contribution is 0.0692. The van der Waals surface area contributed by atoms with Gasteiger partial charge in [0.25, 0.3) is 5.91 Å². The van der Waals surface area contributed by atoms with E-state index in [1.54, 1.807) is 0 Å². The van der Waals surface area contributed by atoms with Crippen LogP contribution in [0.4, 0.5) is 0 Å². The van der Waals surface area contributed by atoms with Crippen LogP contribution in [0.5, 0.6) is 0 Å². The van der Waals surface area contributed by atoms with Gasteiger partial charge in [-0.1, -0.05) is 30.3 Å². The van der Waals surface area contributed by atoms with Crippen molar-refractivity contribution in [1.29, 1.82) is 0 Å². The molecule has 1 saturated heterocycles. The summed E-state index contributed by atoms with van der Waals surface area (Å²) in [6, 6.07) is 12.1. The van der Waals surface area contributed by atoms with Crippen LogP contribution in [-0.2, 0) is 0 Å². The Hall–Kier alpha value is -1.85. The molecule has 2 heterocycles. The molecule has 1 aromatic heterocycles. The van der Waals surface area contributed by atoms with Crippen LogP contribution in [0.2, 0.25) is 0 Å². The molecule has 2 aromatic rings. The number of amides is 1. The van der Waals surface area contributed by atoms with Gasteiger partial charge >= 0.3 is 0 Å². The van der Waals surface area contributed by atoms with Gasteiger partial charge in [0, 0.05) is 24.7 Å². The highest BCUT2D eigenvalue weighted by Gasteiger charge is 2.24. The van der Waals surface area contributed by atoms with Crippen molar-refractivity contribution in [2.75, 3.05) is 20.1 Å². The summed E-state index contributed by atoms with van der Waals surface area (Å²) in [6.07, 6.45) is 2.16. The number of aromatic amines is 1. The van der Waals surface area contributed by atoms with Crippen LogP contribution in [0.3, 0.4) is 0 Å². The van der Waals surface area contributed by atoms with Crippen LogP contribution < -0.4 is 5.32 Å². The molecule has 1 aliphatic heterocycles. The summed E-state index contributed by atoms with van der Waals surface area (Å²) in [4.78, 5) is 14.4. The van der Waals surface area contributed by atoms with Gasteiger partial charge in [-0.2, -0.15) is 5.10 Å². The minimum atomic E-state index is 0. The Morgan fingerprint density at radius 2 is 2.14 bits per heavy atom. The lowest BCUT2D eigenvalue weighted by atomic mass is 10.1. The van der Waals surface area contributed by atoms with E-state index in [1.807, 2.05) is 48.3 Å². The average molecular weight is 321 g/mol. The number of rotatable bonds is 3. The fourth-order valence-corrected chi connectivity index (χ4v) is 2.76. The quantitative estimate of drug-likeness (QED) is 0.912. The summed E-state index contributed by atoms with van der Waals surface area (Å²) in [7, 11) is 1.95. The molecule has 2 N–H and O–H groups in total. The van der Waals surface area contributed by atoms with Crippen LogP contribution in [0.1, 0.15) is 23.3 Å². The van der Waals surface area contributed by atoms with Crippen molar-refractivity contribution in [2.24, 2.45) is 0 Å². The fourth-order valence-electron chi connectivity index (χ4n) is 2.76. The number of nitrogens with one attached hydrogen (secondary N) is 2. The molecule has 1 aromatic carbocycles. The highest BCUT2D eigenvalue weighted by Crippen LogP contribution is 2.19. The third kappa shape index (κ3) is 3.48. The average Bonchev–Trinajstić information content (AvgIpc) is 3.05. The molecule has 118 valence electrons. The largest absolute Gasteiger partial charge is 0.336 e. The first-order chi connectivity index (χ1) is 10.3. The molecule has 0 saturated carbocycles. The van der Waals surface area contributed by atoms with E-state index < -0.39 is 0 Å². The maximum Gasteiger partial charge on any atom is 0.271 e. The number of hydrogen-bond donors (Lipinski definition) is 2. The SMILES string of the molecule is CNC1CCCN(C(=O)c2cc(-c3ccccc3)n[nH]2)C1.Cl. The molecule has 0 spiro atoms. The summed E-state index contributed by atoms with van der Waals surface area (Å²) < 4.78 is 0. The molecule has 3 rings (SSSR count). The van der Waals surface area contributed by atoms with E-state index in [0.717, 1.165) is 37.2 Å². The van der Waals surface area contributed by atoms with Gasteiger partial charge in [-0.15, -0.1) is 12.4 Å². The Balaban J connectivity index is 0.00000176. The zero-order valence-electron chi connectivity index (χ0n) is 12.6. The van der Waals surface area contributed by atoms with Crippen molar-refractivity contribution in [3.05, 3.63) is 42.1 Å². The minimum absolute atomic E-state index is 0. The van der Waals surface area contributed by atoms with E-state index in [2.05, 4.69) is 15.5 Å². The van der Waals surface area contributed by atoms with Gasteiger partial charge in [-0.3, -0.25) is 9.89 Å². The Morgan fingerprint density at radius 1 is 1.36 bits per heavy atom. The molecule has 0 radical (unpaired) electrons. The predicted molar refractivity (Wildman–Crippen MR) is 89.3 cm³/mol. The third-order valence-electron chi connectivity index (χ3n) is 3.99. The highest BCUT2D eigenvalue weighted by molar-refractivity contribution is 5.93. The standard InChI is InChI=1S/C16H20N4O.ClH/c1-17-13-8-5-9-20(11-13)16(21)15-10-14(18-19-15)12-6-3-2-4-7-12;/h2-4,6-7,10,13,17H,5,8-9,11H2,1H3,(H,18,19);1H. The second-order valence-corrected chi connectivity index (χ2v) is 5.41. The first-order valence-corrected chi connectivity index (χ1v) is 7.35. The minimum Gasteiger partial charge on any atom is -0.336 e. The number of hydrogen-bond acceptors (Lipinski definition) is 3. The Kier molecular flexibility index (Phi) is 5.57. The van der Waals surface area contributed by atoms with E-state index >= 15 is 0 Å². The van der Waals surface area contributed by atoms with Crippen LogP contribution in [0, 0.1) is 0 Å². The summed E-state index contributed by atoms with van der Waals surface area (Å²) in [5, 5.41) is 10.4. The smallest absolute Gasteiger partial charge is 0.271 e. The van der Waals surface area contributed by atoms with Crippen LogP contribution in [0.15, 0.2) is 36.4 Å². The van der Waals surface area contributed by atoms with Gasteiger partial charge in [0.05, 0.1) is 5.69 Å². The Bertz CT molecular complexity index is 614. The number of aromatic nitrogens is 2. The highest BCUT2D eigenvalue weighted by atomic mass is 35.5. The molecule has 22 heavy (non-hydrogen) atoms. The van der Waals surface area contributed by atoms with E-state index in [9.17, 15) is 4.79 Å². The molecular weight excluding hydrogens is 300 g/mol. The van der Waals surface area contributed by atoms with Crippen molar-refractivity contribution in [2.45, 2.75) is 18.9 Å². The number of benzene rings is 1. The normalized spacial score (nSPS) is 17.9. The van der Waals surface area contributed by atoms with Crippen molar-refractivity contribution >= 4 is 18.3 Å². The maximum absolute atomic E-state index is 12.5. The van der Waals surface area contributed by atoms with Gasteiger partial charge in [0.1, 0.15) is 5.69 Å². The topological polar surface area (TPSA) is 61.0 Å². The second-order valence-electron chi connectivity index (χ2n) is 5.41. The van der Waals surface area contributed by atoms with Crippen molar-refractivity contribution < 1.29 is 4.79 Å². The number of nitrogens with zero attached hydrogens (tertiary/aromatic N) is 2. The second kappa shape index (κ2) is 7.42. The molecule has 1 fully saturated rings. The zero-order chi connectivity index (χ0) is 14.7. The van der Waals surface area contributed by atoms with Crippen molar-refractivity contribution in [3.8, 4) is 11.3 Å². The van der Waals surface area contributed by atoms with E-state index in [0.29, 0.717) is 11.7 Å². The summed E-state index contributed by atoms with van der Waals surface area (Å²) >= 11 is 0. The fraction of sp³-hybridized carbons (Fsp3) is 0.375. The van der Waals surface area contributed by atoms with Crippen LogP contribution in [0.25, 0.3) is 11.3 Å². The maximum atomic E-state index is 12.5. The molecular formula is C16H21ClN4O. The number of H-pyrrole nitrogens is 1. The zero-order valence-corrected chi connectivity index (χ0v) is 13.4. The molecule has 6 heteroatoms. The molecule has 0 aliphatic carbocycles. The number of likely N-dealkylation sites (N-methyl/N-ethyl adjacent to an activating group) is 1. The predicted octanol–water partition coefficient (Wildman–Crippen LogP) is 2.32. The number of piperidine rings is 1. The summed E-state index contributed by atoms with van der Waals surface area (Å²) in [6.45, 7) is 1.58. The Morgan fingerprint density at radius 3 is 2.86 bits per heavy atom. The monoisotopic (exact) mass is 320 g/mol. The molecule has 1 amide bonds. The van der Waals surface area contributed by atoms with E-state index in [1.165, 1.54) is 0 Å². The number of likely N-dealkylation sites (tertiary alicyclic amines) is 1. The number of carbonyl (C=O) groups is 1. The molecule has 1 unspecified atom stereocenters. The molecule has 5 nitrogen and oxygen atoms in total.